The Bertz CT molecular complexity index is 1290. The number of nitriles is 1. The number of pyridine rings is 1. The fourth-order valence-corrected chi connectivity index (χ4v) is 4.12. The van der Waals surface area contributed by atoms with E-state index in [0.29, 0.717) is 38.0 Å². The van der Waals surface area contributed by atoms with E-state index in [-0.39, 0.29) is 40.1 Å². The summed E-state index contributed by atoms with van der Waals surface area (Å²) in [6.45, 7) is 3.00. The molecule has 1 aliphatic heterocycles. The summed E-state index contributed by atoms with van der Waals surface area (Å²) < 4.78 is 39.6. The molecule has 10 nitrogen and oxygen atoms in total. The molecular weight excluding hydrogens is 477 g/mol. The number of alkyl halides is 3. The molecule has 13 heteroatoms. The number of carbonyl (C=O) groups is 1. The molecule has 0 unspecified atom stereocenters. The Morgan fingerprint density at radius 1 is 1.36 bits per heavy atom. The molecule has 3 aromatic rings. The summed E-state index contributed by atoms with van der Waals surface area (Å²) in [5.74, 6) is 0.164. The summed E-state index contributed by atoms with van der Waals surface area (Å²) in [5, 5.41) is 22.4. The topological polar surface area (TPSA) is 157 Å². The van der Waals surface area contributed by atoms with Crippen LogP contribution >= 0.6 is 0 Å². The Hall–Kier alpha value is -3.76. The lowest BCUT2D eigenvalue weighted by atomic mass is 9.96. The molecule has 4 rings (SSSR count). The van der Waals surface area contributed by atoms with Crippen LogP contribution in [0.4, 0.5) is 19.1 Å². The molecular formula is C23H25F3N8O2. The van der Waals surface area contributed by atoms with E-state index in [9.17, 15) is 28.3 Å². The Kier molecular flexibility index (Phi) is 7.09. The van der Waals surface area contributed by atoms with Crippen LogP contribution < -0.4 is 11.1 Å². The summed E-state index contributed by atoms with van der Waals surface area (Å²) in [6, 6.07) is 2.01. The molecule has 1 saturated heterocycles. The van der Waals surface area contributed by atoms with Gasteiger partial charge in [-0.15, -0.1) is 0 Å². The minimum atomic E-state index is -4.56. The highest BCUT2D eigenvalue weighted by atomic mass is 19.4. The van der Waals surface area contributed by atoms with Gasteiger partial charge in [-0.1, -0.05) is 0 Å². The van der Waals surface area contributed by atoms with Gasteiger partial charge in [0.2, 0.25) is 11.9 Å². The summed E-state index contributed by atoms with van der Waals surface area (Å²) in [6.07, 6.45) is -0.525. The number of aliphatic hydroxyl groups excluding tert-OH is 1. The Morgan fingerprint density at radius 3 is 2.72 bits per heavy atom. The molecule has 0 saturated carbocycles. The lowest BCUT2D eigenvalue weighted by Crippen LogP contribution is -2.51. The van der Waals surface area contributed by atoms with Gasteiger partial charge in [-0.25, -0.2) is 15.0 Å². The van der Waals surface area contributed by atoms with Crippen molar-refractivity contribution in [2.24, 2.45) is 11.7 Å². The normalized spacial score (nSPS) is 16.5. The Morgan fingerprint density at radius 2 is 2.08 bits per heavy atom. The predicted molar refractivity (Wildman–Crippen MR) is 124 cm³/mol. The molecule has 5 N–H and O–H groups in total. The fourth-order valence-electron chi connectivity index (χ4n) is 4.12. The van der Waals surface area contributed by atoms with Gasteiger partial charge in [-0.3, -0.25) is 4.79 Å². The van der Waals surface area contributed by atoms with Crippen LogP contribution in [0.25, 0.3) is 22.3 Å². The molecule has 1 fully saturated rings. The second-order valence-corrected chi connectivity index (χ2v) is 8.80. The van der Waals surface area contributed by atoms with Gasteiger partial charge in [-0.2, -0.15) is 18.4 Å². The molecule has 190 valence electrons. The van der Waals surface area contributed by atoms with Crippen molar-refractivity contribution in [3.63, 3.8) is 0 Å². The van der Waals surface area contributed by atoms with E-state index < -0.39 is 23.9 Å². The van der Waals surface area contributed by atoms with Crippen LogP contribution in [0.15, 0.2) is 24.7 Å². The van der Waals surface area contributed by atoms with Crippen LogP contribution in [-0.2, 0) is 11.0 Å². The third kappa shape index (κ3) is 5.24. The predicted octanol–water partition coefficient (Wildman–Crippen LogP) is 2.27. The number of halogens is 3. The van der Waals surface area contributed by atoms with Crippen LogP contribution in [-0.4, -0.2) is 67.6 Å². The van der Waals surface area contributed by atoms with Crippen molar-refractivity contribution in [1.29, 1.82) is 5.26 Å². The molecule has 1 aliphatic rings. The van der Waals surface area contributed by atoms with Crippen LogP contribution in [0.2, 0.25) is 0 Å². The molecule has 0 aliphatic carbocycles. The monoisotopic (exact) mass is 502 g/mol. The highest BCUT2D eigenvalue weighted by molar-refractivity contribution is 5.94. The number of piperidine rings is 1. The van der Waals surface area contributed by atoms with Gasteiger partial charge >= 0.3 is 6.18 Å². The highest BCUT2D eigenvalue weighted by Crippen LogP contribution is 2.34. The van der Waals surface area contributed by atoms with Gasteiger partial charge in [0.1, 0.15) is 17.8 Å². The number of aliphatic hydroxyl groups is 1. The number of likely N-dealkylation sites (tertiary alicyclic amines) is 1. The second kappa shape index (κ2) is 10.1. The number of fused-ring (bicyclic) bond motifs is 1. The van der Waals surface area contributed by atoms with Gasteiger partial charge in [0.15, 0.2) is 0 Å². The number of H-pyrrole nitrogens is 1. The largest absolute Gasteiger partial charge is 0.417 e. The number of hydrogen-bond donors (Lipinski definition) is 4. The number of aromatic amines is 1. The minimum Gasteiger partial charge on any atom is -0.391 e. The third-order valence-electron chi connectivity index (χ3n) is 6.30. The van der Waals surface area contributed by atoms with E-state index in [1.54, 1.807) is 4.90 Å². The number of carbonyl (C=O) groups excluding carboxylic acids is 1. The number of nitrogens with one attached hydrogen (secondary N) is 2. The molecule has 0 spiro atoms. The van der Waals surface area contributed by atoms with Crippen LogP contribution in [0.1, 0.15) is 30.9 Å². The Labute approximate surface area is 204 Å². The Balaban J connectivity index is 1.48. The second-order valence-electron chi connectivity index (χ2n) is 8.80. The van der Waals surface area contributed by atoms with Crippen LogP contribution in [0.5, 0.6) is 0 Å². The first-order chi connectivity index (χ1) is 17.1. The summed E-state index contributed by atoms with van der Waals surface area (Å²) in [5.41, 5.74) is 5.70. The van der Waals surface area contributed by atoms with Gasteiger partial charge < -0.3 is 26.0 Å². The molecule has 0 radical (unpaired) electrons. The van der Waals surface area contributed by atoms with Crippen molar-refractivity contribution in [3.05, 3.63) is 35.8 Å². The summed E-state index contributed by atoms with van der Waals surface area (Å²) >= 11 is 0. The molecule has 0 aromatic carbocycles. The van der Waals surface area contributed by atoms with Crippen molar-refractivity contribution in [2.75, 3.05) is 25.0 Å². The van der Waals surface area contributed by atoms with Gasteiger partial charge in [0.05, 0.1) is 29.1 Å². The lowest BCUT2D eigenvalue weighted by molar-refractivity contribution is -0.138. The van der Waals surface area contributed by atoms with Gasteiger partial charge in [0.25, 0.3) is 0 Å². The zero-order valence-corrected chi connectivity index (χ0v) is 19.4. The number of aromatic nitrogens is 4. The smallest absolute Gasteiger partial charge is 0.391 e. The number of rotatable bonds is 6. The highest BCUT2D eigenvalue weighted by Gasteiger charge is 2.32. The fraction of sp³-hybridized carbons (Fsp3) is 0.435. The quantitative estimate of drug-likeness (QED) is 0.400. The van der Waals surface area contributed by atoms with E-state index in [0.717, 1.165) is 12.3 Å². The number of amides is 1. The molecule has 2 atom stereocenters. The van der Waals surface area contributed by atoms with E-state index in [1.807, 2.05) is 6.07 Å². The number of nitrogens with two attached hydrogens (primary N) is 1. The van der Waals surface area contributed by atoms with Crippen LogP contribution in [0, 0.1) is 17.2 Å². The van der Waals surface area contributed by atoms with E-state index in [2.05, 4.69) is 25.3 Å². The number of nitrogens with zero attached hydrogens (tertiary/aromatic N) is 5. The molecule has 36 heavy (non-hydrogen) atoms. The zero-order valence-electron chi connectivity index (χ0n) is 19.4. The third-order valence-corrected chi connectivity index (χ3v) is 6.30. The maximum atomic E-state index is 13.2. The van der Waals surface area contributed by atoms with E-state index >= 15 is 0 Å². The van der Waals surface area contributed by atoms with Crippen molar-refractivity contribution in [2.45, 2.75) is 38.1 Å². The maximum absolute atomic E-state index is 13.2. The molecule has 3 aromatic heterocycles. The average Bonchev–Trinajstić information content (AvgIpc) is 3.29. The standard InChI is InChI=1S/C23H25F3N8O2/c1-12(35)18(28)21(36)34-4-2-13(3-5-34)8-31-22-32-9-14(7-27)19(33-22)17-11-30-20-16(17)6-15(10-29-20)23(24,25)26/h6,9-13,18,35H,2-5,8,28H2,1H3,(H,29,30)(H,31,32,33)/t12-,18+/m0/s1. The zero-order chi connectivity index (χ0) is 26.0. The maximum Gasteiger partial charge on any atom is 0.417 e. The molecule has 0 bridgehead atoms. The first kappa shape index (κ1) is 25.3. The van der Waals surface area contributed by atoms with Crippen molar-refractivity contribution < 1.29 is 23.1 Å². The SMILES string of the molecule is C[C@H](O)[C@@H](N)C(=O)N1CCC(CNc2ncc(C#N)c(-c3c[nH]c4ncc(C(F)(F)F)cc34)n2)CC1. The summed E-state index contributed by atoms with van der Waals surface area (Å²) in [7, 11) is 0. The van der Waals surface area contributed by atoms with Crippen LogP contribution in [0.3, 0.4) is 0 Å². The summed E-state index contributed by atoms with van der Waals surface area (Å²) in [4.78, 5) is 29.2. The lowest BCUT2D eigenvalue weighted by Gasteiger charge is -2.34. The van der Waals surface area contributed by atoms with E-state index in [1.165, 1.54) is 19.3 Å². The van der Waals surface area contributed by atoms with Crippen molar-refractivity contribution in [3.8, 4) is 17.3 Å². The number of anilines is 1. The van der Waals surface area contributed by atoms with Gasteiger partial charge in [0, 0.05) is 43.0 Å². The molecule has 1 amide bonds. The van der Waals surface area contributed by atoms with Crippen molar-refractivity contribution >= 4 is 22.9 Å². The van der Waals surface area contributed by atoms with Crippen molar-refractivity contribution in [1.82, 2.24) is 24.8 Å². The average molecular weight is 503 g/mol. The first-order valence-electron chi connectivity index (χ1n) is 11.4. The van der Waals surface area contributed by atoms with E-state index in [4.69, 9.17) is 5.73 Å². The first-order valence-corrected chi connectivity index (χ1v) is 11.4. The van der Waals surface area contributed by atoms with Gasteiger partial charge in [-0.05, 0) is 31.7 Å². The minimum absolute atomic E-state index is 0.111. The number of hydrogen-bond acceptors (Lipinski definition) is 8. The molecule has 4 heterocycles.